The molecule has 0 saturated carbocycles. The van der Waals surface area contributed by atoms with Gasteiger partial charge in [-0.1, -0.05) is 159 Å². The number of hydrogen-bond acceptors (Lipinski definition) is 3. The summed E-state index contributed by atoms with van der Waals surface area (Å²) in [4.78, 5) is 10.3. The van der Waals surface area contributed by atoms with Gasteiger partial charge in [-0.2, -0.15) is 0 Å². The molecule has 1 N–H and O–H groups in total. The van der Waals surface area contributed by atoms with Crippen LogP contribution in [0.2, 0.25) is 0 Å². The largest absolute Gasteiger partial charge is 0.507 e. The Labute approximate surface area is 374 Å². The zero-order valence-electron chi connectivity index (χ0n) is 38.0. The average molecular weight is 821 g/mol. The number of phenols is 1. The highest BCUT2D eigenvalue weighted by molar-refractivity contribution is 5.84. The molecule has 0 radical (unpaired) electrons. The lowest BCUT2D eigenvalue weighted by molar-refractivity contribution is 0.477. The van der Waals surface area contributed by atoms with E-state index in [0.29, 0.717) is 11.3 Å². The minimum Gasteiger partial charge on any atom is -0.507 e. The summed E-state index contributed by atoms with van der Waals surface area (Å²) >= 11 is 0. The fourth-order valence-electron chi connectivity index (χ4n) is 7.93. The van der Waals surface area contributed by atoms with Crippen LogP contribution in [0.1, 0.15) is 84.6 Å². The van der Waals surface area contributed by atoms with E-state index in [-0.39, 0.29) is 22.0 Å². The lowest BCUT2D eigenvalue weighted by atomic mass is 9.79. The first-order valence-corrected chi connectivity index (χ1v) is 21.8. The Balaban J connectivity index is 1.32. The molecule has 3 heteroatoms. The quantitative estimate of drug-likeness (QED) is 0.163. The maximum atomic E-state index is 11.7. The highest BCUT2D eigenvalue weighted by Crippen LogP contribution is 2.41. The summed E-state index contributed by atoms with van der Waals surface area (Å²) in [7, 11) is 0. The normalized spacial score (nSPS) is 11.9. The van der Waals surface area contributed by atoms with Crippen LogP contribution in [0.3, 0.4) is 0 Å². The van der Waals surface area contributed by atoms with E-state index in [1.165, 1.54) is 16.7 Å². The molecule has 0 saturated heterocycles. The van der Waals surface area contributed by atoms with E-state index >= 15 is 0 Å². The summed E-state index contributed by atoms with van der Waals surface area (Å²) < 4.78 is 0. The number of aromatic nitrogens is 2. The highest BCUT2D eigenvalue weighted by Gasteiger charge is 2.23. The van der Waals surface area contributed by atoms with Crippen molar-refractivity contribution in [2.24, 2.45) is 0 Å². The van der Waals surface area contributed by atoms with E-state index in [2.05, 4.69) is 196 Å². The third kappa shape index (κ3) is 9.42. The number of rotatable bonds is 7. The lowest BCUT2D eigenvalue weighted by Gasteiger charge is -2.26. The van der Waals surface area contributed by atoms with Crippen molar-refractivity contribution in [2.75, 3.05) is 0 Å². The standard InChI is InChI=1S/C60H56N2O/c1-11-39-17-19-41(20-18-39)42-21-23-43(24-22-42)44-25-26-57(63)53(34-44)56-37-47(46-30-51(59(5,6)7)38-52(31-46)60(8,9)10)36-55(62-56)49-29-48(32-50(33-49)58(2,3)4)54-35-45(27-28-61-54)40-15-13-12-14-16-40/h1,12-38,63H,2-10H3. The molecule has 2 heterocycles. The van der Waals surface area contributed by atoms with Crippen LogP contribution in [0.25, 0.3) is 78.3 Å². The predicted molar refractivity (Wildman–Crippen MR) is 266 cm³/mol. The van der Waals surface area contributed by atoms with Gasteiger partial charge in [0.15, 0.2) is 0 Å². The summed E-state index contributed by atoms with van der Waals surface area (Å²) in [6.45, 7) is 20.4. The van der Waals surface area contributed by atoms with Crippen molar-refractivity contribution in [1.82, 2.24) is 9.97 Å². The van der Waals surface area contributed by atoms with E-state index < -0.39 is 0 Å². The van der Waals surface area contributed by atoms with E-state index in [9.17, 15) is 5.11 Å². The van der Waals surface area contributed by atoms with Gasteiger partial charge in [0.1, 0.15) is 5.75 Å². The summed E-state index contributed by atoms with van der Waals surface area (Å²) in [5.74, 6) is 2.87. The van der Waals surface area contributed by atoms with Crippen LogP contribution >= 0.6 is 0 Å². The molecule has 0 atom stereocenters. The number of phenolic OH excluding ortho intramolecular Hbond substituents is 1. The molecule has 0 fully saturated rings. The van der Waals surface area contributed by atoms with Crippen molar-refractivity contribution >= 4 is 0 Å². The number of hydrogen-bond donors (Lipinski definition) is 1. The Hall–Kier alpha value is -7.02. The fourth-order valence-corrected chi connectivity index (χ4v) is 7.93. The van der Waals surface area contributed by atoms with Gasteiger partial charge in [0.25, 0.3) is 0 Å². The number of nitrogens with zero attached hydrogens (tertiary/aromatic N) is 2. The van der Waals surface area contributed by atoms with Gasteiger partial charge in [0.05, 0.1) is 17.1 Å². The Morgan fingerprint density at radius 3 is 1.43 bits per heavy atom. The molecule has 0 amide bonds. The van der Waals surface area contributed by atoms with Gasteiger partial charge in [-0.25, -0.2) is 4.98 Å². The van der Waals surface area contributed by atoms with Crippen molar-refractivity contribution in [1.29, 1.82) is 0 Å². The molecule has 0 spiro atoms. The van der Waals surface area contributed by atoms with Crippen LogP contribution in [-0.4, -0.2) is 15.1 Å². The molecule has 3 nitrogen and oxygen atoms in total. The molecule has 312 valence electrons. The fraction of sp³-hybridized carbons (Fsp3) is 0.200. The minimum atomic E-state index is -0.155. The molecular formula is C60H56N2O. The van der Waals surface area contributed by atoms with Gasteiger partial charge in [0.2, 0.25) is 0 Å². The molecule has 0 unspecified atom stereocenters. The van der Waals surface area contributed by atoms with Gasteiger partial charge in [-0.15, -0.1) is 6.42 Å². The maximum Gasteiger partial charge on any atom is 0.125 e. The number of aromatic hydroxyl groups is 1. The molecule has 8 rings (SSSR count). The zero-order valence-corrected chi connectivity index (χ0v) is 38.0. The van der Waals surface area contributed by atoms with E-state index in [1.807, 2.05) is 30.5 Å². The monoisotopic (exact) mass is 820 g/mol. The SMILES string of the molecule is C#Cc1ccc(-c2ccc(-c3ccc(O)c(-c4cc(-c5cc(C(C)(C)C)cc(C(C)(C)C)c5)cc(-c5cc(-c6cc(-c7ccccc7)ccn6)cc(C(C)(C)C)c5)n4)c3)cc2)cc1. The summed E-state index contributed by atoms with van der Waals surface area (Å²) in [5.41, 5.74) is 18.0. The summed E-state index contributed by atoms with van der Waals surface area (Å²) in [5, 5.41) is 11.7. The lowest BCUT2D eigenvalue weighted by Crippen LogP contribution is -2.16. The topological polar surface area (TPSA) is 46.0 Å². The van der Waals surface area contributed by atoms with Gasteiger partial charge >= 0.3 is 0 Å². The van der Waals surface area contributed by atoms with Gasteiger partial charge in [0, 0.05) is 28.5 Å². The Morgan fingerprint density at radius 2 is 0.841 bits per heavy atom. The van der Waals surface area contributed by atoms with Crippen molar-refractivity contribution < 1.29 is 5.11 Å². The van der Waals surface area contributed by atoms with E-state index in [4.69, 9.17) is 16.4 Å². The van der Waals surface area contributed by atoms with E-state index in [0.717, 1.165) is 72.6 Å². The summed E-state index contributed by atoms with van der Waals surface area (Å²) in [6.07, 6.45) is 7.50. The highest BCUT2D eigenvalue weighted by atomic mass is 16.3. The molecule has 0 aliphatic carbocycles. The smallest absolute Gasteiger partial charge is 0.125 e. The summed E-state index contributed by atoms with van der Waals surface area (Å²) in [6, 6.07) is 55.2. The van der Waals surface area contributed by atoms with Crippen LogP contribution in [0, 0.1) is 12.3 Å². The Morgan fingerprint density at radius 1 is 0.397 bits per heavy atom. The van der Waals surface area contributed by atoms with Crippen LogP contribution in [0.15, 0.2) is 164 Å². The molecule has 8 aromatic rings. The average Bonchev–Trinajstić information content (AvgIpc) is 3.28. The second-order valence-corrected chi connectivity index (χ2v) is 19.8. The zero-order chi connectivity index (χ0) is 44.7. The third-order valence-corrected chi connectivity index (χ3v) is 12.0. The third-order valence-electron chi connectivity index (χ3n) is 12.0. The minimum absolute atomic E-state index is 0.0702. The van der Waals surface area contributed by atoms with Crippen LogP contribution in [0.4, 0.5) is 0 Å². The Bertz CT molecular complexity index is 2950. The first kappa shape index (κ1) is 42.7. The molecule has 2 aromatic heterocycles. The van der Waals surface area contributed by atoms with Crippen molar-refractivity contribution in [2.45, 2.75) is 78.6 Å². The van der Waals surface area contributed by atoms with E-state index in [1.54, 1.807) is 6.07 Å². The van der Waals surface area contributed by atoms with Crippen molar-refractivity contribution in [3.05, 3.63) is 186 Å². The molecule has 0 aliphatic rings. The maximum absolute atomic E-state index is 11.7. The predicted octanol–water partition coefficient (Wildman–Crippen LogP) is 15.7. The van der Waals surface area contributed by atoms with Crippen LogP contribution in [-0.2, 0) is 16.2 Å². The van der Waals surface area contributed by atoms with Crippen LogP contribution < -0.4 is 0 Å². The molecule has 0 aliphatic heterocycles. The van der Waals surface area contributed by atoms with Crippen molar-refractivity contribution in [3.63, 3.8) is 0 Å². The Kier molecular flexibility index (Phi) is 11.3. The van der Waals surface area contributed by atoms with Crippen LogP contribution in [0.5, 0.6) is 5.75 Å². The number of benzene rings is 6. The second-order valence-electron chi connectivity index (χ2n) is 19.8. The molecule has 6 aromatic carbocycles. The first-order valence-electron chi connectivity index (χ1n) is 21.8. The number of terminal acetylenes is 1. The van der Waals surface area contributed by atoms with Gasteiger partial charge in [-0.05, 0) is 144 Å². The molecular weight excluding hydrogens is 765 g/mol. The molecule has 0 bridgehead atoms. The van der Waals surface area contributed by atoms with Crippen molar-refractivity contribution in [3.8, 4) is 96.4 Å². The second kappa shape index (κ2) is 16.7. The number of pyridine rings is 2. The first-order chi connectivity index (χ1) is 29.9. The molecule has 63 heavy (non-hydrogen) atoms. The van der Waals surface area contributed by atoms with Gasteiger partial charge < -0.3 is 5.11 Å². The van der Waals surface area contributed by atoms with Gasteiger partial charge in [-0.3, -0.25) is 4.98 Å².